The molecule has 2 aromatic rings. The van der Waals surface area contributed by atoms with Crippen LogP contribution in [-0.2, 0) is 11.3 Å². The van der Waals surface area contributed by atoms with Crippen molar-refractivity contribution < 1.29 is 27.8 Å². The van der Waals surface area contributed by atoms with Crippen molar-refractivity contribution in [1.29, 1.82) is 0 Å². The fraction of sp³-hybridized carbons (Fsp3) is 0.364. The van der Waals surface area contributed by atoms with Gasteiger partial charge in [-0.1, -0.05) is 12.1 Å². The SMILES string of the molecule is CCOc1cc(CN(C)C(=O)CNC(=O)c2ccc(C)c(C)c2)ccc1OC(F)F. The summed E-state index contributed by atoms with van der Waals surface area (Å²) in [5.41, 5.74) is 3.25. The van der Waals surface area contributed by atoms with Gasteiger partial charge < -0.3 is 19.7 Å². The van der Waals surface area contributed by atoms with E-state index in [0.717, 1.165) is 11.1 Å². The van der Waals surface area contributed by atoms with Gasteiger partial charge in [0, 0.05) is 19.2 Å². The van der Waals surface area contributed by atoms with Crippen molar-refractivity contribution >= 4 is 11.8 Å². The first-order valence-corrected chi connectivity index (χ1v) is 9.51. The van der Waals surface area contributed by atoms with Crippen molar-refractivity contribution in [2.75, 3.05) is 20.2 Å². The third-order valence-corrected chi connectivity index (χ3v) is 4.54. The molecule has 0 fully saturated rings. The monoisotopic (exact) mass is 420 g/mol. The molecule has 30 heavy (non-hydrogen) atoms. The van der Waals surface area contributed by atoms with E-state index in [4.69, 9.17) is 4.74 Å². The zero-order chi connectivity index (χ0) is 22.3. The van der Waals surface area contributed by atoms with Gasteiger partial charge in [0.15, 0.2) is 11.5 Å². The van der Waals surface area contributed by atoms with Crippen LogP contribution in [0.1, 0.15) is 34.0 Å². The number of ether oxygens (including phenoxy) is 2. The number of aryl methyl sites for hydroxylation is 2. The highest BCUT2D eigenvalue weighted by atomic mass is 19.3. The van der Waals surface area contributed by atoms with Crippen LogP contribution in [0.5, 0.6) is 11.5 Å². The summed E-state index contributed by atoms with van der Waals surface area (Å²) >= 11 is 0. The Hall–Kier alpha value is -3.16. The fourth-order valence-corrected chi connectivity index (χ4v) is 2.75. The molecule has 0 radical (unpaired) electrons. The summed E-state index contributed by atoms with van der Waals surface area (Å²) in [6.45, 7) is 2.98. The molecule has 0 aliphatic heterocycles. The number of carbonyl (C=O) groups excluding carboxylic acids is 2. The quantitative estimate of drug-likeness (QED) is 0.672. The third-order valence-electron chi connectivity index (χ3n) is 4.54. The predicted octanol–water partition coefficient (Wildman–Crippen LogP) is 3.69. The molecule has 2 amide bonds. The number of nitrogens with zero attached hydrogens (tertiary/aromatic N) is 1. The molecule has 0 saturated heterocycles. The molecule has 0 heterocycles. The molecule has 0 atom stereocenters. The van der Waals surface area contributed by atoms with Crippen molar-refractivity contribution in [3.05, 3.63) is 58.7 Å². The van der Waals surface area contributed by atoms with Crippen LogP contribution < -0.4 is 14.8 Å². The van der Waals surface area contributed by atoms with Gasteiger partial charge in [0.2, 0.25) is 5.91 Å². The Kier molecular flexibility index (Phi) is 8.15. The molecule has 0 saturated carbocycles. The number of alkyl halides is 2. The van der Waals surface area contributed by atoms with E-state index in [0.29, 0.717) is 11.1 Å². The number of carbonyl (C=O) groups is 2. The van der Waals surface area contributed by atoms with E-state index in [1.54, 1.807) is 38.2 Å². The van der Waals surface area contributed by atoms with Gasteiger partial charge in [0.25, 0.3) is 5.91 Å². The first kappa shape index (κ1) is 23.1. The number of nitrogens with one attached hydrogen (secondary N) is 1. The lowest BCUT2D eigenvalue weighted by molar-refractivity contribution is -0.129. The molecule has 2 rings (SSSR count). The molecule has 0 bridgehead atoms. The predicted molar refractivity (Wildman–Crippen MR) is 109 cm³/mol. The van der Waals surface area contributed by atoms with E-state index in [9.17, 15) is 18.4 Å². The van der Waals surface area contributed by atoms with Crippen molar-refractivity contribution in [2.24, 2.45) is 0 Å². The second-order valence-corrected chi connectivity index (χ2v) is 6.82. The Labute approximate surface area is 174 Å². The lowest BCUT2D eigenvalue weighted by atomic mass is 10.1. The maximum absolute atomic E-state index is 12.5. The highest BCUT2D eigenvalue weighted by Gasteiger charge is 2.15. The summed E-state index contributed by atoms with van der Waals surface area (Å²) < 4.78 is 34.8. The molecule has 2 aromatic carbocycles. The van der Waals surface area contributed by atoms with Gasteiger partial charge in [0.05, 0.1) is 13.2 Å². The molecule has 0 aromatic heterocycles. The lowest BCUT2D eigenvalue weighted by Crippen LogP contribution is -2.37. The summed E-state index contributed by atoms with van der Waals surface area (Å²) in [7, 11) is 1.59. The normalized spacial score (nSPS) is 10.6. The zero-order valence-corrected chi connectivity index (χ0v) is 17.5. The Bertz CT molecular complexity index is 903. The summed E-state index contributed by atoms with van der Waals surface area (Å²) in [5, 5.41) is 2.62. The molecule has 0 aliphatic rings. The van der Waals surface area contributed by atoms with Crippen LogP contribution in [-0.4, -0.2) is 43.5 Å². The maximum atomic E-state index is 12.5. The second-order valence-electron chi connectivity index (χ2n) is 6.82. The first-order valence-electron chi connectivity index (χ1n) is 9.51. The van der Waals surface area contributed by atoms with Crippen molar-refractivity contribution in [2.45, 2.75) is 33.9 Å². The Morgan fingerprint density at radius 2 is 1.80 bits per heavy atom. The molecule has 0 unspecified atom stereocenters. The van der Waals surface area contributed by atoms with Crippen LogP contribution in [0.4, 0.5) is 8.78 Å². The van der Waals surface area contributed by atoms with E-state index in [-0.39, 0.29) is 43.0 Å². The van der Waals surface area contributed by atoms with Crippen LogP contribution >= 0.6 is 0 Å². The van der Waals surface area contributed by atoms with Crippen molar-refractivity contribution in [3.8, 4) is 11.5 Å². The van der Waals surface area contributed by atoms with Crippen molar-refractivity contribution in [3.63, 3.8) is 0 Å². The third kappa shape index (κ3) is 6.43. The molecule has 0 spiro atoms. The average molecular weight is 420 g/mol. The number of benzene rings is 2. The van der Waals surface area contributed by atoms with Gasteiger partial charge >= 0.3 is 6.61 Å². The number of rotatable bonds is 9. The van der Waals surface area contributed by atoms with E-state index >= 15 is 0 Å². The standard InChI is InChI=1S/C22H26F2N2O4/c1-5-29-19-11-16(7-9-18(19)30-22(23)24)13-26(4)20(27)12-25-21(28)17-8-6-14(2)15(3)10-17/h6-11,22H,5,12-13H2,1-4H3,(H,25,28). The Morgan fingerprint density at radius 1 is 1.07 bits per heavy atom. The number of hydrogen-bond donors (Lipinski definition) is 1. The van der Waals surface area contributed by atoms with Gasteiger partial charge in [-0.05, 0) is 61.7 Å². The second kappa shape index (κ2) is 10.6. The molecule has 6 nitrogen and oxygen atoms in total. The molecule has 8 heteroatoms. The highest BCUT2D eigenvalue weighted by Crippen LogP contribution is 2.30. The van der Waals surface area contributed by atoms with E-state index in [2.05, 4.69) is 10.1 Å². The van der Waals surface area contributed by atoms with E-state index in [1.165, 1.54) is 11.0 Å². The summed E-state index contributed by atoms with van der Waals surface area (Å²) in [6.07, 6.45) is 0. The van der Waals surface area contributed by atoms with Gasteiger partial charge in [-0.2, -0.15) is 8.78 Å². The Balaban J connectivity index is 1.96. The van der Waals surface area contributed by atoms with Gasteiger partial charge in [-0.15, -0.1) is 0 Å². The minimum atomic E-state index is -2.96. The van der Waals surface area contributed by atoms with Crippen LogP contribution in [0.15, 0.2) is 36.4 Å². The minimum absolute atomic E-state index is 0.0646. The summed E-state index contributed by atoms with van der Waals surface area (Å²) in [4.78, 5) is 26.1. The molecule has 0 aliphatic carbocycles. The maximum Gasteiger partial charge on any atom is 0.387 e. The van der Waals surface area contributed by atoms with E-state index < -0.39 is 6.61 Å². The van der Waals surface area contributed by atoms with Crippen LogP contribution in [0.3, 0.4) is 0 Å². The van der Waals surface area contributed by atoms with Gasteiger partial charge in [0.1, 0.15) is 0 Å². The average Bonchev–Trinajstić information content (AvgIpc) is 2.69. The van der Waals surface area contributed by atoms with E-state index in [1.807, 2.05) is 19.9 Å². The highest BCUT2D eigenvalue weighted by molar-refractivity contribution is 5.96. The lowest BCUT2D eigenvalue weighted by Gasteiger charge is -2.19. The van der Waals surface area contributed by atoms with Crippen LogP contribution in [0.2, 0.25) is 0 Å². The largest absolute Gasteiger partial charge is 0.490 e. The number of likely N-dealkylation sites (N-methyl/N-ethyl adjacent to an activating group) is 1. The molecular formula is C22H26F2N2O4. The van der Waals surface area contributed by atoms with Gasteiger partial charge in [-0.25, -0.2) is 0 Å². The number of halogens is 2. The molecule has 162 valence electrons. The molecular weight excluding hydrogens is 394 g/mol. The fourth-order valence-electron chi connectivity index (χ4n) is 2.75. The van der Waals surface area contributed by atoms with Crippen LogP contribution in [0, 0.1) is 13.8 Å². The zero-order valence-electron chi connectivity index (χ0n) is 17.5. The number of amides is 2. The smallest absolute Gasteiger partial charge is 0.387 e. The summed E-state index contributed by atoms with van der Waals surface area (Å²) in [6, 6.07) is 9.86. The van der Waals surface area contributed by atoms with Gasteiger partial charge in [-0.3, -0.25) is 9.59 Å². The van der Waals surface area contributed by atoms with Crippen LogP contribution in [0.25, 0.3) is 0 Å². The summed E-state index contributed by atoms with van der Waals surface area (Å²) in [5.74, 6) is -0.505. The Morgan fingerprint density at radius 3 is 2.43 bits per heavy atom. The van der Waals surface area contributed by atoms with Crippen molar-refractivity contribution in [1.82, 2.24) is 10.2 Å². The minimum Gasteiger partial charge on any atom is -0.490 e. The molecule has 1 N–H and O–H groups in total. The number of hydrogen-bond acceptors (Lipinski definition) is 4. The first-order chi connectivity index (χ1) is 14.2. The topological polar surface area (TPSA) is 67.9 Å².